The lowest BCUT2D eigenvalue weighted by Crippen LogP contribution is -2.18. The first-order chi connectivity index (χ1) is 10.4. The molecule has 0 amide bonds. The van der Waals surface area contributed by atoms with Crippen LogP contribution in [0.15, 0.2) is 42.6 Å². The minimum absolute atomic E-state index is 0.166. The fourth-order valence-electron chi connectivity index (χ4n) is 2.32. The molecule has 0 saturated carbocycles. The van der Waals surface area contributed by atoms with Crippen LogP contribution in [0.25, 0.3) is 11.1 Å². The number of aromatic nitrogens is 1. The zero-order valence-electron chi connectivity index (χ0n) is 12.1. The molecule has 22 heavy (non-hydrogen) atoms. The quantitative estimate of drug-likeness (QED) is 0.481. The van der Waals surface area contributed by atoms with E-state index < -0.39 is 10.8 Å². The van der Waals surface area contributed by atoms with E-state index in [1.165, 1.54) is 19.9 Å². The fourth-order valence-corrected chi connectivity index (χ4v) is 2.32. The topological polar surface area (TPSA) is 90.2 Å². The van der Waals surface area contributed by atoms with E-state index in [9.17, 15) is 19.7 Å². The highest BCUT2D eigenvalue weighted by atomic mass is 16.6. The smallest absolute Gasteiger partial charge is 0.295 e. The Balaban J connectivity index is 2.64. The second kappa shape index (κ2) is 6.26. The molecular formula is C16H14N2O4. The Morgan fingerprint density at radius 3 is 2.23 bits per heavy atom. The zero-order chi connectivity index (χ0) is 16.3. The van der Waals surface area contributed by atoms with Gasteiger partial charge in [0.15, 0.2) is 0 Å². The number of ketones is 2. The van der Waals surface area contributed by atoms with Crippen molar-refractivity contribution in [1.82, 2.24) is 4.98 Å². The summed E-state index contributed by atoms with van der Waals surface area (Å²) in [4.78, 5) is 37.9. The van der Waals surface area contributed by atoms with Crippen molar-refractivity contribution in [2.24, 2.45) is 0 Å². The molecule has 0 fully saturated rings. The van der Waals surface area contributed by atoms with Crippen molar-refractivity contribution in [3.05, 3.63) is 58.4 Å². The summed E-state index contributed by atoms with van der Waals surface area (Å²) in [5.74, 6) is -1.68. The molecule has 0 atom stereocenters. The first-order valence-electron chi connectivity index (χ1n) is 6.62. The number of carbonyl (C=O) groups is 2. The van der Waals surface area contributed by atoms with E-state index in [4.69, 9.17) is 0 Å². The Bertz CT molecular complexity index is 727. The number of nitro groups is 1. The SMILES string of the molecule is CC(=O)C(C(C)=O)c1cc(-c2ccccc2)c([N+](=O)[O-])cn1. The van der Waals surface area contributed by atoms with Gasteiger partial charge in [-0.25, -0.2) is 0 Å². The molecule has 0 N–H and O–H groups in total. The third-order valence-electron chi connectivity index (χ3n) is 3.29. The van der Waals surface area contributed by atoms with Gasteiger partial charge in [0.1, 0.15) is 23.7 Å². The maximum Gasteiger partial charge on any atom is 0.295 e. The summed E-state index contributed by atoms with van der Waals surface area (Å²) in [6.07, 6.45) is 1.09. The monoisotopic (exact) mass is 298 g/mol. The second-order valence-electron chi connectivity index (χ2n) is 4.90. The standard InChI is InChI=1S/C16H14N2O4/c1-10(19)16(11(2)20)14-8-13(12-6-4-3-5-7-12)15(9-17-14)18(21)22/h3-9,16H,1-2H3. The molecule has 112 valence electrons. The first kappa shape index (κ1) is 15.5. The van der Waals surface area contributed by atoms with Crippen LogP contribution in [0.3, 0.4) is 0 Å². The lowest BCUT2D eigenvalue weighted by Gasteiger charge is -2.11. The molecule has 0 spiro atoms. The van der Waals surface area contributed by atoms with Gasteiger partial charge < -0.3 is 0 Å². The molecule has 0 aliphatic carbocycles. The molecule has 0 aliphatic heterocycles. The fraction of sp³-hybridized carbons (Fsp3) is 0.188. The predicted octanol–water partition coefficient (Wildman–Crippen LogP) is 2.92. The molecule has 2 aromatic rings. The van der Waals surface area contributed by atoms with Gasteiger partial charge in [-0.3, -0.25) is 24.7 Å². The number of rotatable bonds is 5. The lowest BCUT2D eigenvalue weighted by molar-refractivity contribution is -0.384. The molecule has 6 heteroatoms. The minimum Gasteiger partial charge on any atom is -0.299 e. The van der Waals surface area contributed by atoms with Crippen LogP contribution < -0.4 is 0 Å². The number of benzene rings is 1. The average Bonchev–Trinajstić information content (AvgIpc) is 2.47. The summed E-state index contributed by atoms with van der Waals surface area (Å²) in [5.41, 5.74) is 1.03. The molecule has 0 unspecified atom stereocenters. The van der Waals surface area contributed by atoms with Gasteiger partial charge in [-0.1, -0.05) is 30.3 Å². The highest BCUT2D eigenvalue weighted by molar-refractivity contribution is 6.05. The summed E-state index contributed by atoms with van der Waals surface area (Å²) < 4.78 is 0. The Morgan fingerprint density at radius 1 is 1.14 bits per heavy atom. The van der Waals surface area contributed by atoms with Crippen molar-refractivity contribution < 1.29 is 14.5 Å². The van der Waals surface area contributed by atoms with E-state index in [1.807, 2.05) is 0 Å². The second-order valence-corrected chi connectivity index (χ2v) is 4.90. The lowest BCUT2D eigenvalue weighted by atomic mass is 9.93. The van der Waals surface area contributed by atoms with Gasteiger partial charge in [0, 0.05) is 0 Å². The van der Waals surface area contributed by atoms with Gasteiger partial charge >= 0.3 is 0 Å². The van der Waals surface area contributed by atoms with Crippen LogP contribution >= 0.6 is 0 Å². The normalized spacial score (nSPS) is 10.5. The van der Waals surface area contributed by atoms with Gasteiger partial charge in [-0.05, 0) is 25.5 Å². The highest BCUT2D eigenvalue weighted by Crippen LogP contribution is 2.31. The average molecular weight is 298 g/mol. The van der Waals surface area contributed by atoms with Crippen LogP contribution in [0, 0.1) is 10.1 Å². The number of Topliss-reactive ketones (excluding diaryl/α,β-unsaturated/α-hetero) is 2. The molecule has 0 bridgehead atoms. The third kappa shape index (κ3) is 3.06. The van der Waals surface area contributed by atoms with Gasteiger partial charge in [0.2, 0.25) is 0 Å². The molecule has 1 aromatic carbocycles. The van der Waals surface area contributed by atoms with Crippen molar-refractivity contribution in [2.45, 2.75) is 19.8 Å². The molecule has 1 aromatic heterocycles. The summed E-state index contributed by atoms with van der Waals surface area (Å²) in [7, 11) is 0. The molecule has 0 radical (unpaired) electrons. The maximum atomic E-state index is 11.7. The van der Waals surface area contributed by atoms with Crippen LogP contribution in [0.5, 0.6) is 0 Å². The predicted molar refractivity (Wildman–Crippen MR) is 80.4 cm³/mol. The van der Waals surface area contributed by atoms with Crippen LogP contribution in [0.1, 0.15) is 25.5 Å². The molecule has 6 nitrogen and oxygen atoms in total. The van der Waals surface area contributed by atoms with Gasteiger partial charge in [-0.15, -0.1) is 0 Å². The Labute approximate surface area is 127 Å². The van der Waals surface area contributed by atoms with Crippen LogP contribution in [0.2, 0.25) is 0 Å². The van der Waals surface area contributed by atoms with Crippen LogP contribution in [-0.2, 0) is 9.59 Å². The van der Waals surface area contributed by atoms with Gasteiger partial charge in [-0.2, -0.15) is 0 Å². The zero-order valence-corrected chi connectivity index (χ0v) is 12.1. The largest absolute Gasteiger partial charge is 0.299 e. The van der Waals surface area contributed by atoms with Crippen molar-refractivity contribution in [3.63, 3.8) is 0 Å². The molecule has 2 rings (SSSR count). The Kier molecular flexibility index (Phi) is 4.41. The third-order valence-corrected chi connectivity index (χ3v) is 3.29. The van der Waals surface area contributed by atoms with Crippen LogP contribution in [0.4, 0.5) is 5.69 Å². The van der Waals surface area contributed by atoms with Crippen molar-refractivity contribution in [3.8, 4) is 11.1 Å². The highest BCUT2D eigenvalue weighted by Gasteiger charge is 2.26. The molecule has 0 aliphatic rings. The number of hydrogen-bond acceptors (Lipinski definition) is 5. The number of carbonyl (C=O) groups excluding carboxylic acids is 2. The van der Waals surface area contributed by atoms with E-state index in [2.05, 4.69) is 4.98 Å². The van der Waals surface area contributed by atoms with E-state index in [0.29, 0.717) is 11.1 Å². The van der Waals surface area contributed by atoms with Crippen molar-refractivity contribution in [2.75, 3.05) is 0 Å². The number of hydrogen-bond donors (Lipinski definition) is 0. The Hall–Kier alpha value is -2.89. The maximum absolute atomic E-state index is 11.7. The van der Waals surface area contributed by atoms with Gasteiger partial charge in [0.25, 0.3) is 5.69 Å². The summed E-state index contributed by atoms with van der Waals surface area (Å²) in [5, 5.41) is 11.2. The van der Waals surface area contributed by atoms with Gasteiger partial charge in [0.05, 0.1) is 16.2 Å². The molecule has 0 saturated heterocycles. The van der Waals surface area contributed by atoms with Crippen LogP contribution in [-0.4, -0.2) is 21.5 Å². The molecular weight excluding hydrogens is 284 g/mol. The van der Waals surface area contributed by atoms with E-state index in [1.54, 1.807) is 30.3 Å². The first-order valence-corrected chi connectivity index (χ1v) is 6.62. The number of pyridine rings is 1. The van der Waals surface area contributed by atoms with E-state index in [0.717, 1.165) is 6.20 Å². The van der Waals surface area contributed by atoms with Crippen molar-refractivity contribution >= 4 is 17.3 Å². The summed E-state index contributed by atoms with van der Waals surface area (Å²) in [6.45, 7) is 2.61. The van der Waals surface area contributed by atoms with E-state index in [-0.39, 0.29) is 22.9 Å². The summed E-state index contributed by atoms with van der Waals surface area (Å²) in [6, 6.07) is 10.2. The van der Waals surface area contributed by atoms with Crippen molar-refractivity contribution in [1.29, 1.82) is 0 Å². The number of nitrogens with zero attached hydrogens (tertiary/aromatic N) is 2. The van der Waals surface area contributed by atoms with E-state index >= 15 is 0 Å². The molecule has 1 heterocycles. The summed E-state index contributed by atoms with van der Waals surface area (Å²) >= 11 is 0. The Morgan fingerprint density at radius 2 is 1.73 bits per heavy atom. The minimum atomic E-state index is -0.997.